The average molecular weight is 371 g/mol. The van der Waals surface area contributed by atoms with E-state index in [9.17, 15) is 14.0 Å². The smallest absolute Gasteiger partial charge is 0.325 e. The van der Waals surface area contributed by atoms with E-state index in [1.807, 2.05) is 17.5 Å². The molecule has 1 aromatic carbocycles. The topological polar surface area (TPSA) is 75.4 Å². The number of amides is 3. The molecule has 1 unspecified atom stereocenters. The third kappa shape index (κ3) is 2.68. The highest BCUT2D eigenvalue weighted by Gasteiger charge is 2.49. The van der Waals surface area contributed by atoms with E-state index in [1.54, 1.807) is 19.1 Å². The van der Waals surface area contributed by atoms with E-state index in [4.69, 9.17) is 4.42 Å². The van der Waals surface area contributed by atoms with E-state index >= 15 is 0 Å². The largest absolute Gasteiger partial charge is 0.444 e. The van der Waals surface area contributed by atoms with E-state index in [0.717, 1.165) is 9.78 Å². The molecule has 132 valence electrons. The Bertz CT molecular complexity index is 985. The van der Waals surface area contributed by atoms with Crippen LogP contribution in [0.5, 0.6) is 0 Å². The van der Waals surface area contributed by atoms with Crippen molar-refractivity contribution in [3.05, 3.63) is 64.4 Å². The Morgan fingerprint density at radius 1 is 1.31 bits per heavy atom. The molecule has 1 fully saturated rings. The number of imide groups is 1. The van der Waals surface area contributed by atoms with Crippen LogP contribution in [0.1, 0.15) is 17.5 Å². The fourth-order valence-corrected chi connectivity index (χ4v) is 3.70. The van der Waals surface area contributed by atoms with Crippen LogP contribution in [0.2, 0.25) is 0 Å². The summed E-state index contributed by atoms with van der Waals surface area (Å²) >= 11 is 1.40. The average Bonchev–Trinajstić information content (AvgIpc) is 3.34. The number of thiophene rings is 1. The van der Waals surface area contributed by atoms with Gasteiger partial charge in [0.1, 0.15) is 12.1 Å². The SMILES string of the molecule is CC1(c2cccs2)NC(=O)N(Cc2coc(-c3cccc(F)c3)n2)C1=O. The molecule has 3 aromatic rings. The highest BCUT2D eigenvalue weighted by Crippen LogP contribution is 2.32. The van der Waals surface area contributed by atoms with Gasteiger partial charge in [0.25, 0.3) is 5.91 Å². The Labute approximate surface area is 152 Å². The van der Waals surface area contributed by atoms with Crippen molar-refractivity contribution in [3.8, 4) is 11.5 Å². The summed E-state index contributed by atoms with van der Waals surface area (Å²) in [4.78, 5) is 31.2. The third-order valence-electron chi connectivity index (χ3n) is 4.23. The van der Waals surface area contributed by atoms with Crippen LogP contribution in [-0.2, 0) is 16.9 Å². The highest BCUT2D eigenvalue weighted by atomic mass is 32.1. The van der Waals surface area contributed by atoms with Gasteiger partial charge in [0.05, 0.1) is 12.2 Å². The summed E-state index contributed by atoms with van der Waals surface area (Å²) in [5.74, 6) is -0.518. The summed E-state index contributed by atoms with van der Waals surface area (Å²) in [6, 6.07) is 9.00. The van der Waals surface area contributed by atoms with Gasteiger partial charge in [-0.05, 0) is 36.6 Å². The van der Waals surface area contributed by atoms with E-state index in [1.165, 1.54) is 29.7 Å². The van der Waals surface area contributed by atoms with Crippen LogP contribution in [0, 0.1) is 5.82 Å². The number of hydrogen-bond donors (Lipinski definition) is 1. The molecule has 8 heteroatoms. The summed E-state index contributed by atoms with van der Waals surface area (Å²) in [6.45, 7) is 1.66. The molecule has 3 amide bonds. The maximum absolute atomic E-state index is 13.3. The minimum absolute atomic E-state index is 0.0234. The molecule has 1 aliphatic heterocycles. The lowest BCUT2D eigenvalue weighted by molar-refractivity contribution is -0.131. The molecule has 1 N–H and O–H groups in total. The van der Waals surface area contributed by atoms with Gasteiger partial charge < -0.3 is 9.73 Å². The number of hydrogen-bond acceptors (Lipinski definition) is 5. The van der Waals surface area contributed by atoms with Crippen molar-refractivity contribution < 1.29 is 18.4 Å². The van der Waals surface area contributed by atoms with Crippen molar-refractivity contribution in [2.75, 3.05) is 0 Å². The lowest BCUT2D eigenvalue weighted by atomic mass is 10.0. The molecule has 1 aliphatic rings. The van der Waals surface area contributed by atoms with Crippen molar-refractivity contribution in [1.29, 1.82) is 0 Å². The predicted octanol–water partition coefficient (Wildman–Crippen LogP) is 3.51. The van der Waals surface area contributed by atoms with Gasteiger partial charge >= 0.3 is 6.03 Å². The minimum Gasteiger partial charge on any atom is -0.444 e. The van der Waals surface area contributed by atoms with Gasteiger partial charge in [-0.25, -0.2) is 14.2 Å². The molecule has 6 nitrogen and oxygen atoms in total. The van der Waals surface area contributed by atoms with E-state index < -0.39 is 17.4 Å². The zero-order valence-electron chi connectivity index (χ0n) is 13.7. The first-order valence-corrected chi connectivity index (χ1v) is 8.74. The number of oxazole rings is 1. The number of benzene rings is 1. The van der Waals surface area contributed by atoms with Gasteiger partial charge in [0.15, 0.2) is 5.54 Å². The number of aromatic nitrogens is 1. The quantitative estimate of drug-likeness (QED) is 0.712. The number of nitrogens with zero attached hydrogens (tertiary/aromatic N) is 2. The summed E-state index contributed by atoms with van der Waals surface area (Å²) in [5.41, 5.74) is -0.194. The molecule has 3 heterocycles. The van der Waals surface area contributed by atoms with Crippen molar-refractivity contribution in [1.82, 2.24) is 15.2 Å². The molecule has 0 aliphatic carbocycles. The van der Waals surface area contributed by atoms with Crippen molar-refractivity contribution >= 4 is 23.3 Å². The molecule has 2 aromatic heterocycles. The molecule has 4 rings (SSSR count). The number of halogens is 1. The summed E-state index contributed by atoms with van der Waals surface area (Å²) in [5, 5.41) is 4.59. The van der Waals surface area contributed by atoms with Crippen molar-refractivity contribution in [2.24, 2.45) is 0 Å². The van der Waals surface area contributed by atoms with Crippen LogP contribution in [0.4, 0.5) is 9.18 Å². The molecule has 1 atom stereocenters. The molecule has 0 radical (unpaired) electrons. The zero-order valence-corrected chi connectivity index (χ0v) is 14.5. The standard InChI is InChI=1S/C18H14FN3O3S/c1-18(14-6-3-7-26-14)16(23)22(17(24)21-18)9-13-10-25-15(20-13)11-4-2-5-12(19)8-11/h2-8,10H,9H2,1H3,(H,21,24). The van der Waals surface area contributed by atoms with Crippen LogP contribution in [-0.4, -0.2) is 21.8 Å². The van der Waals surface area contributed by atoms with Gasteiger partial charge in [-0.1, -0.05) is 12.1 Å². The molecular formula is C18H14FN3O3S. The number of urea groups is 1. The number of carbonyl (C=O) groups is 2. The van der Waals surface area contributed by atoms with E-state index in [-0.39, 0.29) is 18.3 Å². The molecule has 0 bridgehead atoms. The van der Waals surface area contributed by atoms with Gasteiger partial charge in [0, 0.05) is 10.4 Å². The van der Waals surface area contributed by atoms with Crippen molar-refractivity contribution in [2.45, 2.75) is 19.0 Å². The fourth-order valence-electron chi connectivity index (χ4n) is 2.87. The molecular weight excluding hydrogens is 357 g/mol. The maximum Gasteiger partial charge on any atom is 0.325 e. The van der Waals surface area contributed by atoms with E-state index in [2.05, 4.69) is 10.3 Å². The number of rotatable bonds is 4. The van der Waals surface area contributed by atoms with Gasteiger partial charge in [0.2, 0.25) is 5.89 Å². The first-order valence-electron chi connectivity index (χ1n) is 7.86. The predicted molar refractivity (Wildman–Crippen MR) is 92.6 cm³/mol. The first kappa shape index (κ1) is 16.5. The van der Waals surface area contributed by atoms with Gasteiger partial charge in [-0.15, -0.1) is 11.3 Å². The lowest BCUT2D eigenvalue weighted by Gasteiger charge is -2.19. The Hall–Kier alpha value is -3.00. The van der Waals surface area contributed by atoms with E-state index in [0.29, 0.717) is 11.3 Å². The first-order chi connectivity index (χ1) is 12.5. The monoisotopic (exact) mass is 371 g/mol. The van der Waals surface area contributed by atoms with Crippen LogP contribution >= 0.6 is 11.3 Å². The molecule has 0 saturated carbocycles. The molecule has 1 saturated heterocycles. The minimum atomic E-state index is -1.08. The Balaban J connectivity index is 1.56. The maximum atomic E-state index is 13.3. The second-order valence-electron chi connectivity index (χ2n) is 6.08. The Kier molecular flexibility index (Phi) is 3.84. The third-order valence-corrected chi connectivity index (χ3v) is 5.32. The summed E-state index contributed by atoms with van der Waals surface area (Å²) in [7, 11) is 0. The molecule has 0 spiro atoms. The summed E-state index contributed by atoms with van der Waals surface area (Å²) in [6.07, 6.45) is 1.36. The van der Waals surface area contributed by atoms with Crippen LogP contribution < -0.4 is 5.32 Å². The van der Waals surface area contributed by atoms with Crippen LogP contribution in [0.25, 0.3) is 11.5 Å². The second kappa shape index (κ2) is 6.06. The highest BCUT2D eigenvalue weighted by molar-refractivity contribution is 7.10. The van der Waals surface area contributed by atoms with Crippen LogP contribution in [0.15, 0.2) is 52.5 Å². The van der Waals surface area contributed by atoms with Gasteiger partial charge in [-0.2, -0.15) is 0 Å². The number of nitrogens with one attached hydrogen (secondary N) is 1. The van der Waals surface area contributed by atoms with Gasteiger partial charge in [-0.3, -0.25) is 9.69 Å². The molecule has 26 heavy (non-hydrogen) atoms. The van der Waals surface area contributed by atoms with Crippen LogP contribution in [0.3, 0.4) is 0 Å². The Morgan fingerprint density at radius 2 is 2.15 bits per heavy atom. The summed E-state index contributed by atoms with van der Waals surface area (Å²) < 4.78 is 18.7. The fraction of sp³-hybridized carbons (Fsp3) is 0.167. The normalized spacial score (nSPS) is 19.8. The Morgan fingerprint density at radius 3 is 2.88 bits per heavy atom. The zero-order chi connectivity index (χ0) is 18.3. The lowest BCUT2D eigenvalue weighted by Crippen LogP contribution is -2.40. The van der Waals surface area contributed by atoms with Crippen molar-refractivity contribution in [3.63, 3.8) is 0 Å². The number of carbonyl (C=O) groups excluding carboxylic acids is 2. The second-order valence-corrected chi connectivity index (χ2v) is 7.03.